The second-order valence-electron chi connectivity index (χ2n) is 7.14. The number of hydrogen-bond acceptors (Lipinski definition) is 7. The fourth-order valence-electron chi connectivity index (χ4n) is 3.12. The molecule has 1 saturated heterocycles. The lowest BCUT2D eigenvalue weighted by Crippen LogP contribution is -2.45. The summed E-state index contributed by atoms with van der Waals surface area (Å²) in [5.41, 5.74) is 0.302. The molecule has 1 aromatic carbocycles. The number of nitrogens with zero attached hydrogens (tertiary/aromatic N) is 1. The first-order valence-electron chi connectivity index (χ1n) is 9.06. The van der Waals surface area contributed by atoms with Gasteiger partial charge in [0.05, 0.1) is 31.3 Å². The Morgan fingerprint density at radius 2 is 1.93 bits per heavy atom. The van der Waals surface area contributed by atoms with E-state index < -0.39 is 15.8 Å². The summed E-state index contributed by atoms with van der Waals surface area (Å²) in [4.78, 5) is 26.0. The minimum absolute atomic E-state index is 0.0113. The van der Waals surface area contributed by atoms with Crippen molar-refractivity contribution < 1.29 is 32.2 Å². The maximum atomic E-state index is 12.8. The molecule has 156 valence electrons. The normalized spacial score (nSPS) is 18.0. The Bertz CT molecular complexity index is 820. The summed E-state index contributed by atoms with van der Waals surface area (Å²) in [6.07, 6.45) is 0.442. The van der Waals surface area contributed by atoms with Crippen molar-refractivity contribution in [3.63, 3.8) is 0 Å². The predicted molar refractivity (Wildman–Crippen MR) is 103 cm³/mol. The third-order valence-corrected chi connectivity index (χ3v) is 6.22. The summed E-state index contributed by atoms with van der Waals surface area (Å²) in [5, 5.41) is 0. The van der Waals surface area contributed by atoms with Crippen LogP contribution in [0.3, 0.4) is 0 Å². The molecule has 28 heavy (non-hydrogen) atoms. The number of ether oxygens (including phenoxy) is 3. The molecule has 0 aromatic heterocycles. The summed E-state index contributed by atoms with van der Waals surface area (Å²) >= 11 is 0. The van der Waals surface area contributed by atoms with Crippen molar-refractivity contribution in [2.75, 3.05) is 38.9 Å². The van der Waals surface area contributed by atoms with Crippen molar-refractivity contribution in [3.8, 4) is 11.5 Å². The Kier molecular flexibility index (Phi) is 7.29. The lowest BCUT2D eigenvalue weighted by atomic mass is 10.1. The van der Waals surface area contributed by atoms with E-state index >= 15 is 0 Å². The third kappa shape index (κ3) is 5.60. The molecule has 0 saturated carbocycles. The first kappa shape index (κ1) is 22.0. The number of esters is 1. The molecule has 1 atom stereocenters. The molecular weight excluding hydrogens is 386 g/mol. The van der Waals surface area contributed by atoms with E-state index in [0.29, 0.717) is 30.0 Å². The van der Waals surface area contributed by atoms with Gasteiger partial charge in [-0.25, -0.2) is 13.2 Å². The monoisotopic (exact) mass is 413 g/mol. The van der Waals surface area contributed by atoms with Crippen LogP contribution < -0.4 is 9.47 Å². The number of amides is 1. The van der Waals surface area contributed by atoms with Gasteiger partial charge in [0.1, 0.15) is 0 Å². The highest BCUT2D eigenvalue weighted by atomic mass is 32.2. The number of carbonyl (C=O) groups is 2. The Hall–Kier alpha value is -2.29. The third-order valence-electron chi connectivity index (χ3n) is 4.47. The van der Waals surface area contributed by atoms with Gasteiger partial charge in [0.15, 0.2) is 27.9 Å². The van der Waals surface area contributed by atoms with E-state index in [0.717, 1.165) is 0 Å². The lowest BCUT2D eigenvalue weighted by Gasteiger charge is -2.30. The second kappa shape index (κ2) is 9.27. The van der Waals surface area contributed by atoms with E-state index in [2.05, 4.69) is 4.74 Å². The Labute approximate surface area is 165 Å². The zero-order valence-electron chi connectivity index (χ0n) is 16.6. The summed E-state index contributed by atoms with van der Waals surface area (Å²) in [7, 11) is -0.389. The van der Waals surface area contributed by atoms with Crippen molar-refractivity contribution in [2.24, 2.45) is 5.92 Å². The number of hydrogen-bond donors (Lipinski definition) is 0. The van der Waals surface area contributed by atoms with Gasteiger partial charge in [-0.2, -0.15) is 0 Å². The number of sulfone groups is 1. The molecule has 0 bridgehead atoms. The molecule has 0 radical (unpaired) electrons. The SMILES string of the molecule is COC(=O)c1ccc(OCC(=O)N(CC(C)C)[C@@H]2CCS(=O)(=O)C2)c(OC)c1. The van der Waals surface area contributed by atoms with Crippen molar-refractivity contribution >= 4 is 21.7 Å². The molecule has 2 rings (SSSR count). The molecule has 1 aliphatic rings. The fourth-order valence-corrected chi connectivity index (χ4v) is 4.85. The first-order valence-corrected chi connectivity index (χ1v) is 10.9. The minimum atomic E-state index is -3.10. The summed E-state index contributed by atoms with van der Waals surface area (Å²) in [5.74, 6) is 0.107. The Morgan fingerprint density at radius 3 is 2.46 bits per heavy atom. The molecule has 0 spiro atoms. The van der Waals surface area contributed by atoms with Gasteiger partial charge in [-0.3, -0.25) is 4.79 Å². The van der Waals surface area contributed by atoms with Crippen LogP contribution in [0.15, 0.2) is 18.2 Å². The van der Waals surface area contributed by atoms with Crippen LogP contribution in [0.4, 0.5) is 0 Å². The van der Waals surface area contributed by atoms with E-state index in [-0.39, 0.29) is 36.0 Å². The molecule has 1 aromatic rings. The largest absolute Gasteiger partial charge is 0.493 e. The van der Waals surface area contributed by atoms with Gasteiger partial charge in [-0.1, -0.05) is 13.8 Å². The quantitative estimate of drug-likeness (QED) is 0.596. The average Bonchev–Trinajstić information content (AvgIpc) is 3.02. The summed E-state index contributed by atoms with van der Waals surface area (Å²) in [6.45, 7) is 4.15. The minimum Gasteiger partial charge on any atom is -0.493 e. The van der Waals surface area contributed by atoms with E-state index in [1.54, 1.807) is 4.90 Å². The maximum absolute atomic E-state index is 12.8. The van der Waals surface area contributed by atoms with Crippen molar-refractivity contribution in [2.45, 2.75) is 26.3 Å². The highest BCUT2D eigenvalue weighted by Gasteiger charge is 2.35. The Morgan fingerprint density at radius 1 is 1.21 bits per heavy atom. The van der Waals surface area contributed by atoms with E-state index in [1.165, 1.54) is 32.4 Å². The van der Waals surface area contributed by atoms with Crippen LogP contribution >= 0.6 is 0 Å². The predicted octanol–water partition coefficient (Wildman–Crippen LogP) is 1.53. The van der Waals surface area contributed by atoms with Gasteiger partial charge in [-0.05, 0) is 30.5 Å². The number of methoxy groups -OCH3 is 2. The molecule has 0 unspecified atom stereocenters. The molecule has 9 heteroatoms. The van der Waals surface area contributed by atoms with Gasteiger partial charge in [-0.15, -0.1) is 0 Å². The number of rotatable bonds is 8. The zero-order chi connectivity index (χ0) is 20.9. The molecule has 1 amide bonds. The van der Waals surface area contributed by atoms with Gasteiger partial charge in [0.2, 0.25) is 0 Å². The fraction of sp³-hybridized carbons (Fsp3) is 0.579. The van der Waals surface area contributed by atoms with Crippen LogP contribution in [0.1, 0.15) is 30.6 Å². The molecule has 1 fully saturated rings. The highest BCUT2D eigenvalue weighted by Crippen LogP contribution is 2.28. The van der Waals surface area contributed by atoms with Crippen molar-refractivity contribution in [1.82, 2.24) is 4.90 Å². The maximum Gasteiger partial charge on any atom is 0.337 e. The molecule has 0 aliphatic carbocycles. The smallest absolute Gasteiger partial charge is 0.337 e. The molecular formula is C19H27NO7S. The van der Waals surface area contributed by atoms with Crippen LogP contribution in [0.5, 0.6) is 11.5 Å². The standard InChI is InChI=1S/C19H27NO7S/c1-13(2)10-20(15-7-8-28(23,24)12-15)18(21)11-27-16-6-5-14(19(22)26-4)9-17(16)25-3/h5-6,9,13,15H,7-8,10-12H2,1-4H3/t15-/m1/s1. The molecule has 1 aliphatic heterocycles. The summed E-state index contributed by atoms with van der Waals surface area (Å²) < 4.78 is 39.1. The van der Waals surface area contributed by atoms with Gasteiger partial charge in [0.25, 0.3) is 5.91 Å². The van der Waals surface area contributed by atoms with Gasteiger partial charge >= 0.3 is 5.97 Å². The molecule has 1 heterocycles. The number of carbonyl (C=O) groups excluding carboxylic acids is 2. The lowest BCUT2D eigenvalue weighted by molar-refractivity contribution is -0.135. The van der Waals surface area contributed by atoms with Crippen LogP contribution in [0.2, 0.25) is 0 Å². The van der Waals surface area contributed by atoms with Crippen LogP contribution in [-0.2, 0) is 19.4 Å². The molecule has 0 N–H and O–H groups in total. The summed E-state index contributed by atoms with van der Waals surface area (Å²) in [6, 6.07) is 4.20. The first-order chi connectivity index (χ1) is 13.2. The van der Waals surface area contributed by atoms with E-state index in [4.69, 9.17) is 9.47 Å². The van der Waals surface area contributed by atoms with Crippen LogP contribution in [0, 0.1) is 5.92 Å². The van der Waals surface area contributed by atoms with E-state index in [9.17, 15) is 18.0 Å². The van der Waals surface area contributed by atoms with E-state index in [1.807, 2.05) is 13.8 Å². The van der Waals surface area contributed by atoms with Gasteiger partial charge in [0, 0.05) is 12.6 Å². The Balaban J connectivity index is 2.10. The van der Waals surface area contributed by atoms with Crippen LogP contribution in [-0.4, -0.2) is 70.1 Å². The van der Waals surface area contributed by atoms with Crippen molar-refractivity contribution in [1.29, 1.82) is 0 Å². The second-order valence-corrected chi connectivity index (χ2v) is 9.37. The molecule has 8 nitrogen and oxygen atoms in total. The highest BCUT2D eigenvalue weighted by molar-refractivity contribution is 7.91. The average molecular weight is 413 g/mol. The van der Waals surface area contributed by atoms with Crippen LogP contribution in [0.25, 0.3) is 0 Å². The van der Waals surface area contributed by atoms with Gasteiger partial charge < -0.3 is 19.1 Å². The van der Waals surface area contributed by atoms with Crippen molar-refractivity contribution in [3.05, 3.63) is 23.8 Å². The number of benzene rings is 1. The topological polar surface area (TPSA) is 99.2 Å². The zero-order valence-corrected chi connectivity index (χ0v) is 17.5.